The van der Waals surface area contributed by atoms with Crippen molar-refractivity contribution in [1.29, 1.82) is 0 Å². The van der Waals surface area contributed by atoms with Gasteiger partial charge in [-0.15, -0.1) is 0 Å². The number of benzene rings is 1. The van der Waals surface area contributed by atoms with Gasteiger partial charge >= 0.3 is 6.18 Å². The lowest BCUT2D eigenvalue weighted by Gasteiger charge is -2.19. The molecule has 108 valence electrons. The third kappa shape index (κ3) is 5.13. The summed E-state index contributed by atoms with van der Waals surface area (Å²) in [6.45, 7) is 8.10. The molecule has 0 aliphatic carbocycles. The molecule has 0 aliphatic rings. The molecule has 1 unspecified atom stereocenters. The van der Waals surface area contributed by atoms with Gasteiger partial charge in [0.1, 0.15) is 0 Å². The molecule has 4 heteroatoms. The van der Waals surface area contributed by atoms with E-state index in [-0.39, 0.29) is 6.04 Å². The quantitative estimate of drug-likeness (QED) is 0.772. The monoisotopic (exact) mass is 273 g/mol. The molecule has 0 bridgehead atoms. The standard InChI is InChI=1S/C15H22F3N/c1-10(2)5-7-12(4)19-14-9-13(15(16,17)18)8-6-11(14)3/h6,8-10,12,19H,5,7H2,1-4H3. The topological polar surface area (TPSA) is 12.0 Å². The highest BCUT2D eigenvalue weighted by Gasteiger charge is 2.30. The maximum absolute atomic E-state index is 12.7. The number of rotatable bonds is 5. The van der Waals surface area contributed by atoms with Gasteiger partial charge in [-0.2, -0.15) is 13.2 Å². The summed E-state index contributed by atoms with van der Waals surface area (Å²) in [5.74, 6) is 0.604. The molecular weight excluding hydrogens is 251 g/mol. The first-order chi connectivity index (χ1) is 8.70. The molecule has 0 fully saturated rings. The maximum Gasteiger partial charge on any atom is 0.416 e. The van der Waals surface area contributed by atoms with Crippen molar-refractivity contribution < 1.29 is 13.2 Å². The SMILES string of the molecule is Cc1ccc(C(F)(F)F)cc1NC(C)CCC(C)C. The minimum Gasteiger partial charge on any atom is -0.382 e. The second kappa shape index (κ2) is 6.31. The van der Waals surface area contributed by atoms with E-state index in [4.69, 9.17) is 0 Å². The van der Waals surface area contributed by atoms with Gasteiger partial charge in [0.05, 0.1) is 5.56 Å². The van der Waals surface area contributed by atoms with Crippen LogP contribution in [0.4, 0.5) is 18.9 Å². The smallest absolute Gasteiger partial charge is 0.382 e. The fourth-order valence-corrected chi connectivity index (χ4v) is 1.87. The molecule has 1 atom stereocenters. The zero-order chi connectivity index (χ0) is 14.6. The third-order valence-electron chi connectivity index (χ3n) is 3.14. The minimum absolute atomic E-state index is 0.171. The predicted octanol–water partition coefficient (Wildman–Crippen LogP) is 5.25. The molecule has 1 N–H and O–H groups in total. The summed E-state index contributed by atoms with van der Waals surface area (Å²) in [5.41, 5.74) is 0.812. The Kier molecular flexibility index (Phi) is 5.27. The van der Waals surface area contributed by atoms with Crippen molar-refractivity contribution >= 4 is 5.69 Å². The van der Waals surface area contributed by atoms with Crippen molar-refractivity contribution in [3.8, 4) is 0 Å². The first-order valence-electron chi connectivity index (χ1n) is 6.64. The molecule has 0 saturated heterocycles. The van der Waals surface area contributed by atoms with E-state index < -0.39 is 11.7 Å². The van der Waals surface area contributed by atoms with E-state index in [0.717, 1.165) is 24.5 Å². The molecule has 0 spiro atoms. The Labute approximate surface area is 113 Å². The van der Waals surface area contributed by atoms with E-state index in [2.05, 4.69) is 19.2 Å². The number of anilines is 1. The van der Waals surface area contributed by atoms with Crippen molar-refractivity contribution in [2.75, 3.05) is 5.32 Å². The fourth-order valence-electron chi connectivity index (χ4n) is 1.87. The van der Waals surface area contributed by atoms with Gasteiger partial charge in [0.2, 0.25) is 0 Å². The summed E-state index contributed by atoms with van der Waals surface area (Å²) in [6.07, 6.45) is -2.27. The molecular formula is C15H22F3N. The average molecular weight is 273 g/mol. The summed E-state index contributed by atoms with van der Waals surface area (Å²) in [7, 11) is 0. The van der Waals surface area contributed by atoms with Gasteiger partial charge in [-0.05, 0) is 50.3 Å². The van der Waals surface area contributed by atoms with Crippen LogP contribution in [0.2, 0.25) is 0 Å². The lowest BCUT2D eigenvalue weighted by Crippen LogP contribution is -2.17. The molecule has 0 aliphatic heterocycles. The van der Waals surface area contributed by atoms with Gasteiger partial charge in [0, 0.05) is 11.7 Å². The van der Waals surface area contributed by atoms with E-state index >= 15 is 0 Å². The second-order valence-corrected chi connectivity index (χ2v) is 5.54. The lowest BCUT2D eigenvalue weighted by atomic mass is 10.0. The molecule has 0 radical (unpaired) electrons. The van der Waals surface area contributed by atoms with Gasteiger partial charge in [-0.25, -0.2) is 0 Å². The van der Waals surface area contributed by atoms with Crippen molar-refractivity contribution in [3.05, 3.63) is 29.3 Å². The lowest BCUT2D eigenvalue weighted by molar-refractivity contribution is -0.137. The summed E-state index contributed by atoms with van der Waals surface area (Å²) in [6, 6.07) is 4.01. The van der Waals surface area contributed by atoms with E-state index in [1.807, 2.05) is 13.8 Å². The van der Waals surface area contributed by atoms with Crippen LogP contribution in [0.5, 0.6) is 0 Å². The van der Waals surface area contributed by atoms with Crippen LogP contribution >= 0.6 is 0 Å². The molecule has 0 aromatic heterocycles. The number of hydrogen-bond acceptors (Lipinski definition) is 1. The largest absolute Gasteiger partial charge is 0.416 e. The van der Waals surface area contributed by atoms with Crippen molar-refractivity contribution in [1.82, 2.24) is 0 Å². The van der Waals surface area contributed by atoms with Crippen LogP contribution < -0.4 is 5.32 Å². The van der Waals surface area contributed by atoms with E-state index in [0.29, 0.717) is 11.6 Å². The Bertz CT molecular complexity index is 410. The van der Waals surface area contributed by atoms with Gasteiger partial charge in [-0.1, -0.05) is 19.9 Å². The summed E-state index contributed by atoms with van der Waals surface area (Å²) in [4.78, 5) is 0. The zero-order valence-corrected chi connectivity index (χ0v) is 11.9. The minimum atomic E-state index is -4.29. The van der Waals surface area contributed by atoms with Crippen LogP contribution in [0.25, 0.3) is 0 Å². The number of alkyl halides is 3. The Hall–Kier alpha value is -1.19. The molecule has 1 rings (SSSR count). The molecule has 0 saturated carbocycles. The van der Waals surface area contributed by atoms with Crippen LogP contribution in [0, 0.1) is 12.8 Å². The summed E-state index contributed by atoms with van der Waals surface area (Å²) in [5, 5.41) is 3.18. The summed E-state index contributed by atoms with van der Waals surface area (Å²) >= 11 is 0. The zero-order valence-electron chi connectivity index (χ0n) is 11.9. The van der Waals surface area contributed by atoms with E-state index in [9.17, 15) is 13.2 Å². The first-order valence-corrected chi connectivity index (χ1v) is 6.64. The first kappa shape index (κ1) is 15.9. The number of hydrogen-bond donors (Lipinski definition) is 1. The van der Waals surface area contributed by atoms with Gasteiger partial charge < -0.3 is 5.32 Å². The fraction of sp³-hybridized carbons (Fsp3) is 0.600. The molecule has 0 heterocycles. The molecule has 1 aromatic carbocycles. The highest BCUT2D eigenvalue weighted by molar-refractivity contribution is 5.53. The number of aryl methyl sites for hydroxylation is 1. The maximum atomic E-state index is 12.7. The number of nitrogens with one attached hydrogen (secondary N) is 1. The Morgan fingerprint density at radius 1 is 1.11 bits per heavy atom. The highest BCUT2D eigenvalue weighted by atomic mass is 19.4. The van der Waals surface area contributed by atoms with E-state index in [1.165, 1.54) is 12.1 Å². The van der Waals surface area contributed by atoms with Crippen LogP contribution in [-0.4, -0.2) is 6.04 Å². The molecule has 1 nitrogen and oxygen atoms in total. The third-order valence-corrected chi connectivity index (χ3v) is 3.14. The normalized spacial score (nSPS) is 13.7. The molecule has 0 amide bonds. The average Bonchev–Trinajstić information content (AvgIpc) is 2.28. The van der Waals surface area contributed by atoms with Crippen LogP contribution in [-0.2, 0) is 6.18 Å². The molecule has 19 heavy (non-hydrogen) atoms. The van der Waals surface area contributed by atoms with Crippen LogP contribution in [0.15, 0.2) is 18.2 Å². The van der Waals surface area contributed by atoms with E-state index in [1.54, 1.807) is 0 Å². The van der Waals surface area contributed by atoms with Gasteiger partial charge in [0.25, 0.3) is 0 Å². The Morgan fingerprint density at radius 3 is 2.26 bits per heavy atom. The van der Waals surface area contributed by atoms with Crippen molar-refractivity contribution in [2.24, 2.45) is 5.92 Å². The van der Waals surface area contributed by atoms with Crippen LogP contribution in [0.3, 0.4) is 0 Å². The van der Waals surface area contributed by atoms with Gasteiger partial charge in [-0.3, -0.25) is 0 Å². The van der Waals surface area contributed by atoms with Crippen molar-refractivity contribution in [2.45, 2.75) is 52.8 Å². The second-order valence-electron chi connectivity index (χ2n) is 5.54. The van der Waals surface area contributed by atoms with Gasteiger partial charge in [0.15, 0.2) is 0 Å². The van der Waals surface area contributed by atoms with Crippen molar-refractivity contribution in [3.63, 3.8) is 0 Å². The Balaban J connectivity index is 2.77. The van der Waals surface area contributed by atoms with Crippen LogP contribution in [0.1, 0.15) is 44.7 Å². The number of halogens is 3. The molecule has 1 aromatic rings. The predicted molar refractivity (Wildman–Crippen MR) is 73.3 cm³/mol. The summed E-state index contributed by atoms with van der Waals surface area (Å²) < 4.78 is 38.0. The highest BCUT2D eigenvalue weighted by Crippen LogP contribution is 2.32. The Morgan fingerprint density at radius 2 is 1.74 bits per heavy atom.